The van der Waals surface area contributed by atoms with E-state index in [2.05, 4.69) is 10.4 Å². The summed E-state index contributed by atoms with van der Waals surface area (Å²) in [6.07, 6.45) is 1.29. The van der Waals surface area contributed by atoms with Crippen LogP contribution >= 0.6 is 0 Å². The number of nitrogens with one attached hydrogen (secondary N) is 1. The molecule has 1 saturated heterocycles. The van der Waals surface area contributed by atoms with E-state index in [9.17, 15) is 22.8 Å². The third-order valence-electron chi connectivity index (χ3n) is 6.86. The van der Waals surface area contributed by atoms with Crippen molar-refractivity contribution in [2.24, 2.45) is 0 Å². The largest absolute Gasteiger partial charge is 0.433 e. The lowest BCUT2D eigenvalue weighted by Crippen LogP contribution is -2.55. The van der Waals surface area contributed by atoms with E-state index in [0.717, 1.165) is 49.1 Å². The van der Waals surface area contributed by atoms with Gasteiger partial charge in [-0.3, -0.25) is 9.59 Å². The van der Waals surface area contributed by atoms with E-state index >= 15 is 0 Å². The third kappa shape index (κ3) is 3.59. The first kappa shape index (κ1) is 21.1. The molecule has 0 atom stereocenters. The van der Waals surface area contributed by atoms with Gasteiger partial charge in [-0.15, -0.1) is 0 Å². The van der Waals surface area contributed by atoms with Crippen LogP contribution in [-0.4, -0.2) is 64.0 Å². The van der Waals surface area contributed by atoms with Gasteiger partial charge in [0.25, 0.3) is 5.91 Å². The zero-order valence-corrected chi connectivity index (χ0v) is 17.9. The summed E-state index contributed by atoms with van der Waals surface area (Å²) >= 11 is 0. The molecule has 2 saturated carbocycles. The molecule has 1 N–H and O–H groups in total. The summed E-state index contributed by atoms with van der Waals surface area (Å²) in [6, 6.07) is 3.05. The number of halogens is 3. The lowest BCUT2D eigenvalue weighted by atomic mass is 10.1. The highest BCUT2D eigenvalue weighted by molar-refractivity contribution is 6.03. The molecule has 32 heavy (non-hydrogen) atoms. The summed E-state index contributed by atoms with van der Waals surface area (Å²) in [5.41, 5.74) is 0.111. The van der Waals surface area contributed by atoms with Crippen molar-refractivity contribution in [1.29, 1.82) is 0 Å². The van der Waals surface area contributed by atoms with E-state index in [1.807, 2.05) is 4.90 Å². The Labute approximate surface area is 183 Å². The number of amides is 2. The topological polar surface area (TPSA) is 70.0 Å². The van der Waals surface area contributed by atoms with Crippen LogP contribution in [0.5, 0.6) is 0 Å². The molecule has 10 heteroatoms. The van der Waals surface area contributed by atoms with Gasteiger partial charge in [0.05, 0.1) is 11.2 Å². The summed E-state index contributed by atoms with van der Waals surface area (Å²) in [6.45, 7) is 0.709. The molecule has 2 aromatic rings. The average molecular weight is 449 g/mol. The van der Waals surface area contributed by atoms with Crippen LogP contribution in [0, 0.1) is 0 Å². The second kappa shape index (κ2) is 7.67. The summed E-state index contributed by atoms with van der Waals surface area (Å²) < 4.78 is 42.2. The van der Waals surface area contributed by atoms with Crippen LogP contribution in [-0.2, 0) is 11.0 Å². The zero-order chi connectivity index (χ0) is 22.6. The first-order valence-corrected chi connectivity index (χ1v) is 11.2. The lowest BCUT2D eigenvalue weighted by molar-refractivity contribution is -0.142. The predicted molar refractivity (Wildman–Crippen MR) is 112 cm³/mol. The maximum absolute atomic E-state index is 13.8. The Hall–Kier alpha value is -2.78. The van der Waals surface area contributed by atoms with Gasteiger partial charge in [-0.2, -0.15) is 18.3 Å². The molecule has 3 aliphatic rings. The second-order valence-corrected chi connectivity index (χ2v) is 8.97. The number of fused-ring (bicyclic) bond motifs is 1. The quantitative estimate of drug-likeness (QED) is 0.776. The van der Waals surface area contributed by atoms with Crippen molar-refractivity contribution < 1.29 is 22.8 Å². The van der Waals surface area contributed by atoms with Gasteiger partial charge in [-0.25, -0.2) is 4.52 Å². The van der Waals surface area contributed by atoms with Crippen LogP contribution in [0.3, 0.4) is 0 Å². The summed E-state index contributed by atoms with van der Waals surface area (Å²) in [5, 5.41) is 6.96. The van der Waals surface area contributed by atoms with Crippen molar-refractivity contribution >= 4 is 23.0 Å². The minimum absolute atomic E-state index is 0.0776. The number of pyridine rings is 1. The molecular weight excluding hydrogens is 423 g/mol. The molecule has 1 aliphatic heterocycles. The molecule has 5 rings (SSSR count). The van der Waals surface area contributed by atoms with Gasteiger partial charge >= 0.3 is 6.18 Å². The minimum atomic E-state index is -4.61. The van der Waals surface area contributed by atoms with Crippen molar-refractivity contribution in [2.75, 3.05) is 32.0 Å². The molecule has 3 heterocycles. The molecule has 0 bridgehead atoms. The number of nitrogens with zero attached hydrogens (tertiary/aromatic N) is 4. The molecule has 7 nitrogen and oxygen atoms in total. The van der Waals surface area contributed by atoms with Crippen LogP contribution < -0.4 is 5.32 Å². The number of aromatic nitrogens is 2. The molecule has 2 aromatic heterocycles. The number of hydrogen-bond acceptors (Lipinski definition) is 4. The number of piperazine rings is 1. The predicted octanol–water partition coefficient (Wildman–Crippen LogP) is 3.50. The fourth-order valence-electron chi connectivity index (χ4n) is 5.03. The zero-order valence-electron chi connectivity index (χ0n) is 17.9. The highest BCUT2D eigenvalue weighted by atomic mass is 19.4. The van der Waals surface area contributed by atoms with Crippen molar-refractivity contribution in [1.82, 2.24) is 19.4 Å². The number of rotatable bonds is 4. The number of carbonyl (C=O) groups excluding carboxylic acids is 2. The Kier molecular flexibility index (Phi) is 5.05. The molecule has 0 unspecified atom stereocenters. The standard InChI is InChI=1S/C22H26F3N5O2/c1-26-19-16-10-14(13-6-7-13)11-17(22(23,24)25)30(16)27-20(19)21(32)28-8-9-29(18(31)12-28)15-4-2-3-5-15/h10-11,13,15,26H,2-9,12H2,1H3. The molecule has 2 amide bonds. The fraction of sp³-hybridized carbons (Fsp3) is 0.591. The monoisotopic (exact) mass is 449 g/mol. The Bertz CT molecular complexity index is 1070. The van der Waals surface area contributed by atoms with E-state index in [4.69, 9.17) is 0 Å². The summed E-state index contributed by atoms with van der Waals surface area (Å²) in [4.78, 5) is 29.2. The van der Waals surface area contributed by atoms with Crippen LogP contribution in [0.1, 0.15) is 66.2 Å². The first-order chi connectivity index (χ1) is 15.3. The van der Waals surface area contributed by atoms with Crippen molar-refractivity contribution in [2.45, 2.75) is 56.7 Å². The first-order valence-electron chi connectivity index (χ1n) is 11.2. The maximum Gasteiger partial charge on any atom is 0.433 e. The molecule has 0 aromatic carbocycles. The van der Waals surface area contributed by atoms with E-state index in [1.165, 1.54) is 4.90 Å². The van der Waals surface area contributed by atoms with Gasteiger partial charge in [0.15, 0.2) is 5.69 Å². The molecule has 3 fully saturated rings. The van der Waals surface area contributed by atoms with Crippen LogP contribution in [0.2, 0.25) is 0 Å². The van der Waals surface area contributed by atoms with Gasteiger partial charge < -0.3 is 15.1 Å². The Morgan fingerprint density at radius 1 is 1.12 bits per heavy atom. The van der Waals surface area contributed by atoms with Gasteiger partial charge in [-0.1, -0.05) is 12.8 Å². The highest BCUT2D eigenvalue weighted by Crippen LogP contribution is 2.43. The lowest BCUT2D eigenvalue weighted by Gasteiger charge is -2.37. The van der Waals surface area contributed by atoms with Gasteiger partial charge in [0, 0.05) is 26.2 Å². The van der Waals surface area contributed by atoms with E-state index < -0.39 is 17.8 Å². The fourth-order valence-corrected chi connectivity index (χ4v) is 5.03. The van der Waals surface area contributed by atoms with Crippen LogP contribution in [0.15, 0.2) is 12.1 Å². The highest BCUT2D eigenvalue weighted by Gasteiger charge is 2.39. The van der Waals surface area contributed by atoms with E-state index in [1.54, 1.807) is 13.1 Å². The SMILES string of the molecule is CNc1c(C(=O)N2CCN(C3CCCC3)C(=O)C2)nn2c(C(F)(F)F)cc(C3CC3)cc12. The van der Waals surface area contributed by atoms with Gasteiger partial charge in [0.1, 0.15) is 12.2 Å². The van der Waals surface area contributed by atoms with Crippen molar-refractivity contribution in [3.8, 4) is 0 Å². The number of hydrogen-bond donors (Lipinski definition) is 1. The number of anilines is 1. The molecule has 0 radical (unpaired) electrons. The molecule has 172 valence electrons. The summed E-state index contributed by atoms with van der Waals surface area (Å²) in [5.74, 6) is -0.530. The smallest absolute Gasteiger partial charge is 0.384 e. The van der Waals surface area contributed by atoms with Gasteiger partial charge in [-0.05, 0) is 49.3 Å². The normalized spacial score (nSPS) is 20.4. The Morgan fingerprint density at radius 3 is 2.44 bits per heavy atom. The third-order valence-corrected chi connectivity index (χ3v) is 6.86. The van der Waals surface area contributed by atoms with Crippen molar-refractivity contribution in [3.05, 3.63) is 29.1 Å². The van der Waals surface area contributed by atoms with Crippen LogP contribution in [0.4, 0.5) is 18.9 Å². The van der Waals surface area contributed by atoms with Crippen LogP contribution in [0.25, 0.3) is 5.52 Å². The average Bonchev–Trinajstić information content (AvgIpc) is 3.33. The van der Waals surface area contributed by atoms with E-state index in [0.29, 0.717) is 18.7 Å². The Balaban J connectivity index is 1.48. The second-order valence-electron chi connectivity index (χ2n) is 8.97. The summed E-state index contributed by atoms with van der Waals surface area (Å²) in [7, 11) is 1.56. The maximum atomic E-state index is 13.8. The van der Waals surface area contributed by atoms with E-state index in [-0.39, 0.29) is 41.3 Å². The van der Waals surface area contributed by atoms with Gasteiger partial charge in [0.2, 0.25) is 5.91 Å². The minimum Gasteiger partial charge on any atom is -0.384 e. The Morgan fingerprint density at radius 2 is 1.84 bits per heavy atom. The van der Waals surface area contributed by atoms with Crippen molar-refractivity contribution in [3.63, 3.8) is 0 Å². The number of carbonyl (C=O) groups is 2. The molecule has 0 spiro atoms. The number of alkyl halides is 3. The molecular formula is C22H26F3N5O2. The molecule has 2 aliphatic carbocycles.